The lowest BCUT2D eigenvalue weighted by Crippen LogP contribution is -2.01. The monoisotopic (exact) mass is 302 g/mol. The van der Waals surface area contributed by atoms with Gasteiger partial charge in [0, 0.05) is 11.7 Å². The van der Waals surface area contributed by atoms with Crippen molar-refractivity contribution >= 4 is 12.6 Å². The van der Waals surface area contributed by atoms with Crippen LogP contribution in [-0.2, 0) is 12.2 Å². The molecule has 0 spiro atoms. The molecule has 0 N–H and O–H groups in total. The van der Waals surface area contributed by atoms with Crippen LogP contribution in [-0.4, -0.2) is 0 Å². The Morgan fingerprint density at radius 2 is 1.14 bits per heavy atom. The number of hydrogen-bond donors (Lipinski definition) is 1. The normalized spacial score (nSPS) is 13.0. The van der Waals surface area contributed by atoms with Gasteiger partial charge in [-0.25, -0.2) is 0 Å². The van der Waals surface area contributed by atoms with Gasteiger partial charge in [0.25, 0.3) is 0 Å². The molecule has 0 aromatic heterocycles. The predicted octanol–water partition coefficient (Wildman–Crippen LogP) is 5.47. The molecule has 1 aliphatic rings. The molecule has 0 saturated carbocycles. The lowest BCUT2D eigenvalue weighted by atomic mass is 9.90. The molecule has 0 bridgehead atoms. The summed E-state index contributed by atoms with van der Waals surface area (Å²) >= 11 is 4.34. The Morgan fingerprint density at radius 1 is 0.636 bits per heavy atom. The van der Waals surface area contributed by atoms with Crippen LogP contribution < -0.4 is 0 Å². The van der Waals surface area contributed by atoms with Crippen molar-refractivity contribution in [1.82, 2.24) is 0 Å². The van der Waals surface area contributed by atoms with Crippen molar-refractivity contribution in [3.63, 3.8) is 0 Å². The fraction of sp³-hybridized carbons (Fsp3) is 0.143. The number of thiol groups is 1. The highest BCUT2D eigenvalue weighted by Gasteiger charge is 2.27. The zero-order valence-electron chi connectivity index (χ0n) is 12.4. The quantitative estimate of drug-likeness (QED) is 0.609. The zero-order chi connectivity index (χ0) is 14.9. The molecule has 0 aliphatic heterocycles. The SMILES string of the molecule is SCc1ccc(CC2c3ccccc3-c3ccccc32)cc1. The second-order valence-electron chi connectivity index (χ2n) is 5.91. The van der Waals surface area contributed by atoms with Gasteiger partial charge >= 0.3 is 0 Å². The van der Waals surface area contributed by atoms with E-state index in [9.17, 15) is 0 Å². The Balaban J connectivity index is 1.74. The molecule has 1 aliphatic carbocycles. The second kappa shape index (κ2) is 5.66. The molecular formula is C21H18S. The van der Waals surface area contributed by atoms with Gasteiger partial charge in [0.1, 0.15) is 0 Å². The maximum Gasteiger partial charge on any atom is 0.0154 e. The Morgan fingerprint density at radius 3 is 1.68 bits per heavy atom. The summed E-state index contributed by atoms with van der Waals surface area (Å²) in [5.41, 5.74) is 8.38. The first kappa shape index (κ1) is 13.7. The first-order valence-corrected chi connectivity index (χ1v) is 8.37. The maximum absolute atomic E-state index is 4.34. The van der Waals surface area contributed by atoms with Gasteiger partial charge in [-0.1, -0.05) is 72.8 Å². The van der Waals surface area contributed by atoms with E-state index in [-0.39, 0.29) is 0 Å². The van der Waals surface area contributed by atoms with E-state index in [0.717, 1.165) is 12.2 Å². The van der Waals surface area contributed by atoms with Crippen LogP contribution in [0.2, 0.25) is 0 Å². The van der Waals surface area contributed by atoms with Gasteiger partial charge in [-0.2, -0.15) is 12.6 Å². The summed E-state index contributed by atoms with van der Waals surface area (Å²) in [5.74, 6) is 1.27. The number of benzene rings is 3. The summed E-state index contributed by atoms with van der Waals surface area (Å²) in [5, 5.41) is 0. The smallest absolute Gasteiger partial charge is 0.0154 e. The Hall–Kier alpha value is -1.99. The van der Waals surface area contributed by atoms with Crippen molar-refractivity contribution in [2.75, 3.05) is 0 Å². The van der Waals surface area contributed by atoms with Gasteiger partial charge in [0.2, 0.25) is 0 Å². The third kappa shape index (κ3) is 2.26. The van der Waals surface area contributed by atoms with E-state index < -0.39 is 0 Å². The minimum atomic E-state index is 0.467. The Kier molecular flexibility index (Phi) is 3.51. The predicted molar refractivity (Wildman–Crippen MR) is 96.6 cm³/mol. The number of rotatable bonds is 3. The van der Waals surface area contributed by atoms with Crippen LogP contribution in [0.4, 0.5) is 0 Å². The average Bonchev–Trinajstić information content (AvgIpc) is 2.90. The molecule has 0 fully saturated rings. The van der Waals surface area contributed by atoms with Crippen LogP contribution in [0.1, 0.15) is 28.2 Å². The van der Waals surface area contributed by atoms with E-state index >= 15 is 0 Å². The van der Waals surface area contributed by atoms with Crippen molar-refractivity contribution in [2.24, 2.45) is 0 Å². The van der Waals surface area contributed by atoms with E-state index in [1.807, 2.05) is 0 Å². The number of hydrogen-bond acceptors (Lipinski definition) is 1. The van der Waals surface area contributed by atoms with Gasteiger partial charge in [0.15, 0.2) is 0 Å². The summed E-state index contributed by atoms with van der Waals surface area (Å²) in [6.07, 6.45) is 1.06. The highest BCUT2D eigenvalue weighted by atomic mass is 32.1. The van der Waals surface area contributed by atoms with Crippen LogP contribution in [0.25, 0.3) is 11.1 Å². The highest BCUT2D eigenvalue weighted by Crippen LogP contribution is 2.45. The molecule has 1 heteroatoms. The molecule has 0 atom stereocenters. The van der Waals surface area contributed by atoms with E-state index in [1.165, 1.54) is 33.4 Å². The topological polar surface area (TPSA) is 0 Å². The van der Waals surface area contributed by atoms with E-state index in [0.29, 0.717) is 5.92 Å². The van der Waals surface area contributed by atoms with E-state index in [4.69, 9.17) is 0 Å². The van der Waals surface area contributed by atoms with E-state index in [2.05, 4.69) is 85.4 Å². The molecule has 4 rings (SSSR count). The molecule has 0 amide bonds. The van der Waals surface area contributed by atoms with Gasteiger partial charge < -0.3 is 0 Å². The summed E-state index contributed by atoms with van der Waals surface area (Å²) < 4.78 is 0. The largest absolute Gasteiger partial charge is 0.175 e. The highest BCUT2D eigenvalue weighted by molar-refractivity contribution is 7.79. The van der Waals surface area contributed by atoms with Crippen LogP contribution in [0.5, 0.6) is 0 Å². The first-order valence-electron chi connectivity index (χ1n) is 7.74. The molecular weight excluding hydrogens is 284 g/mol. The van der Waals surface area contributed by atoms with Crippen LogP contribution in [0.15, 0.2) is 72.8 Å². The van der Waals surface area contributed by atoms with Crippen molar-refractivity contribution in [1.29, 1.82) is 0 Å². The summed E-state index contributed by atoms with van der Waals surface area (Å²) in [7, 11) is 0. The first-order chi connectivity index (χ1) is 10.9. The molecule has 108 valence electrons. The molecule has 22 heavy (non-hydrogen) atoms. The lowest BCUT2D eigenvalue weighted by molar-refractivity contribution is 0.827. The van der Waals surface area contributed by atoms with Crippen molar-refractivity contribution < 1.29 is 0 Å². The third-order valence-electron chi connectivity index (χ3n) is 4.61. The Bertz CT molecular complexity index is 757. The van der Waals surface area contributed by atoms with Crippen LogP contribution in [0.3, 0.4) is 0 Å². The molecule has 0 nitrogen and oxygen atoms in total. The fourth-order valence-electron chi connectivity index (χ4n) is 3.50. The average molecular weight is 302 g/mol. The molecule has 3 aromatic carbocycles. The van der Waals surface area contributed by atoms with Crippen LogP contribution in [0, 0.1) is 0 Å². The third-order valence-corrected chi connectivity index (χ3v) is 4.97. The van der Waals surface area contributed by atoms with Crippen molar-refractivity contribution in [2.45, 2.75) is 18.1 Å². The fourth-order valence-corrected chi connectivity index (χ4v) is 3.71. The minimum absolute atomic E-state index is 0.467. The van der Waals surface area contributed by atoms with Gasteiger partial charge in [-0.15, -0.1) is 0 Å². The standard InChI is InChI=1S/C21H18S/c22-14-16-11-9-15(10-12-16)13-21-19-7-3-1-5-17(19)18-6-2-4-8-20(18)21/h1-12,21-22H,13-14H2. The number of fused-ring (bicyclic) bond motifs is 3. The van der Waals surface area contributed by atoms with Crippen LogP contribution >= 0.6 is 12.6 Å². The molecule has 0 unspecified atom stereocenters. The second-order valence-corrected chi connectivity index (χ2v) is 6.22. The van der Waals surface area contributed by atoms with E-state index in [1.54, 1.807) is 0 Å². The summed E-state index contributed by atoms with van der Waals surface area (Å²) in [6, 6.07) is 26.5. The maximum atomic E-state index is 4.34. The lowest BCUT2D eigenvalue weighted by Gasteiger charge is -2.14. The molecule has 0 heterocycles. The molecule has 0 radical (unpaired) electrons. The minimum Gasteiger partial charge on any atom is -0.175 e. The van der Waals surface area contributed by atoms with Crippen molar-refractivity contribution in [3.05, 3.63) is 95.1 Å². The molecule has 0 saturated heterocycles. The summed E-state index contributed by atoms with van der Waals surface area (Å²) in [4.78, 5) is 0. The zero-order valence-corrected chi connectivity index (χ0v) is 13.3. The van der Waals surface area contributed by atoms with Gasteiger partial charge in [-0.05, 0) is 39.8 Å². The van der Waals surface area contributed by atoms with Gasteiger partial charge in [-0.3, -0.25) is 0 Å². The van der Waals surface area contributed by atoms with Gasteiger partial charge in [0.05, 0.1) is 0 Å². The Labute approximate surface area is 137 Å². The summed E-state index contributed by atoms with van der Waals surface area (Å²) in [6.45, 7) is 0. The van der Waals surface area contributed by atoms with Crippen molar-refractivity contribution in [3.8, 4) is 11.1 Å². The molecule has 3 aromatic rings.